The van der Waals surface area contributed by atoms with E-state index in [4.69, 9.17) is 4.74 Å². The average Bonchev–Trinajstić information content (AvgIpc) is 3.07. The van der Waals surface area contributed by atoms with Crippen molar-refractivity contribution in [1.82, 2.24) is 10.6 Å². The summed E-state index contributed by atoms with van der Waals surface area (Å²) in [6.45, 7) is 2.41. The minimum atomic E-state index is 0.753. The van der Waals surface area contributed by atoms with Crippen molar-refractivity contribution in [2.24, 2.45) is 4.99 Å². The molecule has 0 spiro atoms. The lowest BCUT2D eigenvalue weighted by Crippen LogP contribution is -2.37. The minimum absolute atomic E-state index is 0.753. The molecule has 5 heteroatoms. The van der Waals surface area contributed by atoms with Crippen LogP contribution < -0.4 is 15.4 Å². The first kappa shape index (κ1) is 16.8. The van der Waals surface area contributed by atoms with E-state index in [0.29, 0.717) is 0 Å². The van der Waals surface area contributed by atoms with Crippen LogP contribution in [-0.2, 0) is 19.4 Å². The molecule has 1 heterocycles. The smallest absolute Gasteiger partial charge is 0.191 e. The lowest BCUT2D eigenvalue weighted by Gasteiger charge is -2.12. The average molecular weight is 388 g/mol. The second-order valence-electron chi connectivity index (χ2n) is 5.77. The van der Waals surface area contributed by atoms with Gasteiger partial charge >= 0.3 is 0 Å². The molecule has 2 aromatic carbocycles. The molecule has 0 atom stereocenters. The highest BCUT2D eigenvalue weighted by Crippen LogP contribution is 2.25. The number of hydrogen-bond donors (Lipinski definition) is 2. The fourth-order valence-corrected chi connectivity index (χ4v) is 2.99. The summed E-state index contributed by atoms with van der Waals surface area (Å²) >= 11 is 3.45. The molecule has 0 bridgehead atoms. The van der Waals surface area contributed by atoms with E-state index < -0.39 is 0 Å². The molecule has 0 unspecified atom stereocenters. The molecule has 0 radical (unpaired) electrons. The minimum Gasteiger partial charge on any atom is -0.493 e. The summed E-state index contributed by atoms with van der Waals surface area (Å²) in [6.07, 6.45) is 1.99. The number of halogens is 1. The van der Waals surface area contributed by atoms with Gasteiger partial charge in [0.2, 0.25) is 0 Å². The Morgan fingerprint density at radius 1 is 1.12 bits per heavy atom. The lowest BCUT2D eigenvalue weighted by molar-refractivity contribution is 0.357. The van der Waals surface area contributed by atoms with E-state index in [1.54, 1.807) is 7.05 Å². The molecule has 24 heavy (non-hydrogen) atoms. The standard InChI is InChI=1S/C19H22BrN3O/c1-21-19(23-13-15-2-5-17(20)6-3-15)22-10-8-14-4-7-18-16(12-14)9-11-24-18/h2-7,12H,8-11,13H2,1H3,(H2,21,22,23). The van der Waals surface area contributed by atoms with Gasteiger partial charge in [0.05, 0.1) is 6.61 Å². The third kappa shape index (κ3) is 4.51. The van der Waals surface area contributed by atoms with Gasteiger partial charge in [-0.15, -0.1) is 0 Å². The van der Waals surface area contributed by atoms with E-state index in [-0.39, 0.29) is 0 Å². The van der Waals surface area contributed by atoms with Crippen LogP contribution in [-0.4, -0.2) is 26.2 Å². The Bertz CT molecular complexity index is 713. The van der Waals surface area contributed by atoms with E-state index in [9.17, 15) is 0 Å². The Balaban J connectivity index is 1.45. The molecular weight excluding hydrogens is 366 g/mol. The van der Waals surface area contributed by atoms with Gasteiger partial charge in [0, 0.05) is 31.0 Å². The number of hydrogen-bond acceptors (Lipinski definition) is 2. The van der Waals surface area contributed by atoms with Gasteiger partial charge in [0.1, 0.15) is 5.75 Å². The molecule has 0 saturated heterocycles. The highest BCUT2D eigenvalue weighted by Gasteiger charge is 2.11. The Morgan fingerprint density at radius 2 is 1.92 bits per heavy atom. The first-order valence-electron chi connectivity index (χ1n) is 8.18. The summed E-state index contributed by atoms with van der Waals surface area (Å²) in [5, 5.41) is 6.70. The van der Waals surface area contributed by atoms with Gasteiger partial charge in [-0.05, 0) is 41.3 Å². The van der Waals surface area contributed by atoms with Gasteiger partial charge in [-0.2, -0.15) is 0 Å². The van der Waals surface area contributed by atoms with E-state index in [2.05, 4.69) is 61.9 Å². The zero-order valence-electron chi connectivity index (χ0n) is 13.8. The Kier molecular flexibility index (Phi) is 5.75. The molecule has 0 aliphatic carbocycles. The van der Waals surface area contributed by atoms with Gasteiger partial charge in [0.25, 0.3) is 0 Å². The normalized spacial score (nSPS) is 13.3. The predicted octanol–water partition coefficient (Wildman–Crippen LogP) is 3.29. The molecule has 1 aliphatic heterocycles. The van der Waals surface area contributed by atoms with Crippen molar-refractivity contribution in [1.29, 1.82) is 0 Å². The third-order valence-corrected chi connectivity index (χ3v) is 4.59. The third-order valence-electron chi connectivity index (χ3n) is 4.06. The molecule has 2 aromatic rings. The number of guanidine groups is 1. The van der Waals surface area contributed by atoms with Crippen LogP contribution in [0.3, 0.4) is 0 Å². The number of benzene rings is 2. The van der Waals surface area contributed by atoms with Gasteiger partial charge in [-0.1, -0.05) is 40.2 Å². The maximum absolute atomic E-state index is 5.55. The fraction of sp³-hybridized carbons (Fsp3) is 0.316. The molecule has 0 amide bonds. The number of nitrogens with one attached hydrogen (secondary N) is 2. The number of ether oxygens (including phenoxy) is 1. The maximum atomic E-state index is 5.55. The second kappa shape index (κ2) is 8.20. The molecule has 1 aliphatic rings. The number of fused-ring (bicyclic) bond motifs is 1. The summed E-state index contributed by atoms with van der Waals surface area (Å²) in [7, 11) is 1.80. The van der Waals surface area contributed by atoms with Gasteiger partial charge < -0.3 is 15.4 Å². The summed E-state index contributed by atoms with van der Waals surface area (Å²) in [5.74, 6) is 1.86. The zero-order valence-corrected chi connectivity index (χ0v) is 15.4. The van der Waals surface area contributed by atoms with Gasteiger partial charge in [-0.25, -0.2) is 0 Å². The van der Waals surface area contributed by atoms with Crippen LogP contribution in [0.25, 0.3) is 0 Å². The first-order chi connectivity index (χ1) is 11.7. The van der Waals surface area contributed by atoms with Gasteiger partial charge in [0.15, 0.2) is 5.96 Å². The topological polar surface area (TPSA) is 45.7 Å². The Labute approximate surface area is 151 Å². The van der Waals surface area contributed by atoms with Crippen molar-refractivity contribution in [2.45, 2.75) is 19.4 Å². The Morgan fingerprint density at radius 3 is 2.71 bits per heavy atom. The predicted molar refractivity (Wildman–Crippen MR) is 102 cm³/mol. The zero-order chi connectivity index (χ0) is 16.8. The van der Waals surface area contributed by atoms with Crippen LogP contribution in [0, 0.1) is 0 Å². The summed E-state index contributed by atoms with van der Waals surface area (Å²) in [6, 6.07) is 14.8. The van der Waals surface area contributed by atoms with Crippen molar-refractivity contribution in [3.8, 4) is 5.75 Å². The van der Waals surface area contributed by atoms with Crippen molar-refractivity contribution >= 4 is 21.9 Å². The lowest BCUT2D eigenvalue weighted by atomic mass is 10.1. The molecule has 0 aromatic heterocycles. The van der Waals surface area contributed by atoms with Crippen molar-refractivity contribution < 1.29 is 4.74 Å². The molecule has 126 valence electrons. The van der Waals surface area contributed by atoms with E-state index in [1.165, 1.54) is 16.7 Å². The number of aliphatic imine (C=N–C) groups is 1. The quantitative estimate of drug-likeness (QED) is 0.611. The molecule has 0 saturated carbocycles. The Hall–Kier alpha value is -2.01. The number of rotatable bonds is 5. The van der Waals surface area contributed by atoms with E-state index in [1.807, 2.05) is 12.1 Å². The summed E-state index contributed by atoms with van der Waals surface area (Å²) in [4.78, 5) is 4.27. The summed E-state index contributed by atoms with van der Waals surface area (Å²) in [5.41, 5.74) is 3.88. The molecule has 2 N–H and O–H groups in total. The molecule has 3 rings (SSSR count). The largest absolute Gasteiger partial charge is 0.493 e. The molecule has 4 nitrogen and oxygen atoms in total. The van der Waals surface area contributed by atoms with E-state index >= 15 is 0 Å². The van der Waals surface area contributed by atoms with Crippen LogP contribution in [0.4, 0.5) is 0 Å². The monoisotopic (exact) mass is 387 g/mol. The maximum Gasteiger partial charge on any atom is 0.191 e. The van der Waals surface area contributed by atoms with Crippen molar-refractivity contribution in [2.75, 3.05) is 20.2 Å². The number of nitrogens with zero attached hydrogens (tertiary/aromatic N) is 1. The van der Waals surface area contributed by atoms with Crippen LogP contribution in [0.15, 0.2) is 51.9 Å². The van der Waals surface area contributed by atoms with Crippen LogP contribution in [0.2, 0.25) is 0 Å². The van der Waals surface area contributed by atoms with Crippen LogP contribution >= 0.6 is 15.9 Å². The van der Waals surface area contributed by atoms with Crippen molar-refractivity contribution in [3.63, 3.8) is 0 Å². The highest BCUT2D eigenvalue weighted by atomic mass is 79.9. The molecule has 0 fully saturated rings. The van der Waals surface area contributed by atoms with Crippen LogP contribution in [0.5, 0.6) is 5.75 Å². The highest BCUT2D eigenvalue weighted by molar-refractivity contribution is 9.10. The fourth-order valence-electron chi connectivity index (χ4n) is 2.73. The molecular formula is C19H22BrN3O. The summed E-state index contributed by atoms with van der Waals surface area (Å²) < 4.78 is 6.64. The van der Waals surface area contributed by atoms with Gasteiger partial charge in [-0.3, -0.25) is 4.99 Å². The van der Waals surface area contributed by atoms with Crippen LogP contribution in [0.1, 0.15) is 16.7 Å². The second-order valence-corrected chi connectivity index (χ2v) is 6.69. The van der Waals surface area contributed by atoms with E-state index in [0.717, 1.165) is 48.7 Å². The SMILES string of the molecule is CN=C(NCCc1ccc2c(c1)CCO2)NCc1ccc(Br)cc1. The first-order valence-corrected chi connectivity index (χ1v) is 8.97. The van der Waals surface area contributed by atoms with Crippen molar-refractivity contribution in [3.05, 3.63) is 63.6 Å².